The number of hydrogen-bond donors (Lipinski definition) is 0. The van der Waals surface area contributed by atoms with Gasteiger partial charge in [-0.05, 0) is 23.5 Å². The van der Waals surface area contributed by atoms with Gasteiger partial charge in [0.2, 0.25) is 0 Å². The molecule has 0 aliphatic heterocycles. The minimum Gasteiger partial charge on any atom is -0.487 e. The number of ether oxygens (including phenoxy) is 2. The van der Waals surface area contributed by atoms with Gasteiger partial charge in [-0.3, -0.25) is 0 Å². The van der Waals surface area contributed by atoms with Crippen molar-refractivity contribution in [3.8, 4) is 5.75 Å². The van der Waals surface area contributed by atoms with Crippen LogP contribution in [0.3, 0.4) is 0 Å². The molecule has 1 aliphatic carbocycles. The van der Waals surface area contributed by atoms with Crippen LogP contribution in [-0.4, -0.2) is 23.6 Å². The summed E-state index contributed by atoms with van der Waals surface area (Å²) in [5.74, 6) is 0.995. The summed E-state index contributed by atoms with van der Waals surface area (Å²) in [4.78, 5) is 0.417. The van der Waals surface area contributed by atoms with Crippen LogP contribution in [0.5, 0.6) is 5.75 Å². The SMILES string of the molecule is CCCOC1C(Br)CC1Oc1ccccc1C(C)(C)C. The van der Waals surface area contributed by atoms with Gasteiger partial charge in [-0.2, -0.15) is 0 Å². The third kappa shape index (κ3) is 3.56. The number of hydrogen-bond acceptors (Lipinski definition) is 2. The Balaban J connectivity index is 2.07. The van der Waals surface area contributed by atoms with Gasteiger partial charge >= 0.3 is 0 Å². The predicted molar refractivity (Wildman–Crippen MR) is 86.9 cm³/mol. The van der Waals surface area contributed by atoms with E-state index in [4.69, 9.17) is 9.47 Å². The Morgan fingerprint density at radius 1 is 1.25 bits per heavy atom. The standard InChI is InChI=1S/C17H25BrO2/c1-5-10-19-16-13(18)11-15(16)20-14-9-7-6-8-12(14)17(2,3)4/h6-9,13,15-16H,5,10-11H2,1-4H3. The lowest BCUT2D eigenvalue weighted by molar-refractivity contribution is -0.0766. The third-order valence-electron chi connectivity index (χ3n) is 3.67. The molecular weight excluding hydrogens is 316 g/mol. The fraction of sp³-hybridized carbons (Fsp3) is 0.647. The Bertz CT molecular complexity index is 439. The molecule has 0 aromatic heterocycles. The Labute approximate surface area is 131 Å². The van der Waals surface area contributed by atoms with Crippen molar-refractivity contribution in [3.63, 3.8) is 0 Å². The van der Waals surface area contributed by atoms with Gasteiger partial charge in [-0.15, -0.1) is 0 Å². The van der Waals surface area contributed by atoms with Crippen LogP contribution >= 0.6 is 15.9 Å². The van der Waals surface area contributed by atoms with Gasteiger partial charge < -0.3 is 9.47 Å². The van der Waals surface area contributed by atoms with Crippen molar-refractivity contribution in [3.05, 3.63) is 29.8 Å². The topological polar surface area (TPSA) is 18.5 Å². The van der Waals surface area contributed by atoms with Crippen molar-refractivity contribution in [2.45, 2.75) is 63.0 Å². The minimum absolute atomic E-state index is 0.0912. The highest BCUT2D eigenvalue weighted by Gasteiger charge is 2.42. The first-order chi connectivity index (χ1) is 9.43. The van der Waals surface area contributed by atoms with E-state index in [2.05, 4.69) is 61.8 Å². The van der Waals surface area contributed by atoms with E-state index >= 15 is 0 Å². The van der Waals surface area contributed by atoms with Gasteiger partial charge in [0, 0.05) is 17.9 Å². The Morgan fingerprint density at radius 2 is 1.95 bits per heavy atom. The van der Waals surface area contributed by atoms with Gasteiger partial charge in [0.05, 0.1) is 0 Å². The lowest BCUT2D eigenvalue weighted by atomic mass is 9.86. The molecule has 3 atom stereocenters. The molecule has 1 aromatic rings. The first-order valence-corrected chi connectivity index (χ1v) is 8.37. The Morgan fingerprint density at radius 3 is 2.55 bits per heavy atom. The highest BCUT2D eigenvalue weighted by Crippen LogP contribution is 2.37. The second-order valence-electron chi connectivity index (χ2n) is 6.49. The summed E-state index contributed by atoms with van der Waals surface area (Å²) < 4.78 is 12.1. The smallest absolute Gasteiger partial charge is 0.127 e. The van der Waals surface area contributed by atoms with E-state index in [9.17, 15) is 0 Å². The van der Waals surface area contributed by atoms with Crippen LogP contribution in [0, 0.1) is 0 Å². The molecule has 0 amide bonds. The maximum absolute atomic E-state index is 6.23. The highest BCUT2D eigenvalue weighted by atomic mass is 79.9. The quantitative estimate of drug-likeness (QED) is 0.723. The Hall–Kier alpha value is -0.540. The Kier molecular flexibility index (Phi) is 5.14. The van der Waals surface area contributed by atoms with Gasteiger partial charge in [-0.1, -0.05) is 61.8 Å². The van der Waals surface area contributed by atoms with Gasteiger partial charge in [-0.25, -0.2) is 0 Å². The molecule has 1 aliphatic rings. The predicted octanol–water partition coefficient (Wildman–Crippen LogP) is 4.69. The number of halogens is 1. The molecule has 0 radical (unpaired) electrons. The average molecular weight is 341 g/mol. The zero-order valence-electron chi connectivity index (χ0n) is 12.9. The lowest BCUT2D eigenvalue weighted by Gasteiger charge is -2.41. The van der Waals surface area contributed by atoms with E-state index < -0.39 is 0 Å². The second-order valence-corrected chi connectivity index (χ2v) is 7.67. The van der Waals surface area contributed by atoms with Crippen molar-refractivity contribution in [2.24, 2.45) is 0 Å². The van der Waals surface area contributed by atoms with Crippen LogP contribution in [0.1, 0.15) is 46.1 Å². The van der Waals surface area contributed by atoms with Crippen LogP contribution in [-0.2, 0) is 10.2 Å². The molecule has 0 N–H and O–H groups in total. The molecule has 20 heavy (non-hydrogen) atoms. The first-order valence-electron chi connectivity index (χ1n) is 7.45. The highest BCUT2D eigenvalue weighted by molar-refractivity contribution is 9.09. The van der Waals surface area contributed by atoms with E-state index in [-0.39, 0.29) is 17.6 Å². The molecule has 112 valence electrons. The third-order valence-corrected chi connectivity index (χ3v) is 4.56. The van der Waals surface area contributed by atoms with Crippen LogP contribution in [0.4, 0.5) is 0 Å². The van der Waals surface area contributed by atoms with Crippen LogP contribution in [0.25, 0.3) is 0 Å². The molecule has 0 saturated heterocycles. The maximum atomic E-state index is 6.23. The van der Waals surface area contributed by atoms with E-state index in [0.717, 1.165) is 25.2 Å². The molecule has 0 heterocycles. The fourth-order valence-corrected chi connectivity index (χ4v) is 3.32. The second kappa shape index (κ2) is 6.48. The zero-order valence-corrected chi connectivity index (χ0v) is 14.4. The number of rotatable bonds is 5. The molecular formula is C17H25BrO2. The number of para-hydroxylation sites is 1. The van der Waals surface area contributed by atoms with Crippen molar-refractivity contribution < 1.29 is 9.47 Å². The fourth-order valence-electron chi connectivity index (χ4n) is 2.46. The van der Waals surface area contributed by atoms with Gasteiger partial charge in [0.1, 0.15) is 18.0 Å². The van der Waals surface area contributed by atoms with Gasteiger partial charge in [0.15, 0.2) is 0 Å². The van der Waals surface area contributed by atoms with Crippen molar-refractivity contribution in [2.75, 3.05) is 6.61 Å². The molecule has 3 heteroatoms. The zero-order chi connectivity index (χ0) is 14.8. The van der Waals surface area contributed by atoms with E-state index in [0.29, 0.717) is 4.83 Å². The molecule has 0 bridgehead atoms. The van der Waals surface area contributed by atoms with Crippen molar-refractivity contribution in [1.29, 1.82) is 0 Å². The van der Waals surface area contributed by atoms with Crippen molar-refractivity contribution in [1.82, 2.24) is 0 Å². The van der Waals surface area contributed by atoms with E-state index in [1.807, 2.05) is 6.07 Å². The molecule has 1 fully saturated rings. The summed E-state index contributed by atoms with van der Waals surface area (Å²) in [6.07, 6.45) is 2.38. The lowest BCUT2D eigenvalue weighted by Crippen LogP contribution is -2.52. The number of alkyl halides is 1. The largest absolute Gasteiger partial charge is 0.487 e. The molecule has 1 aromatic carbocycles. The van der Waals surface area contributed by atoms with Crippen molar-refractivity contribution >= 4 is 15.9 Å². The normalized spacial score (nSPS) is 26.1. The summed E-state index contributed by atoms with van der Waals surface area (Å²) in [5, 5.41) is 0. The summed E-state index contributed by atoms with van der Waals surface area (Å²) in [6.45, 7) is 9.58. The number of benzene rings is 1. The minimum atomic E-state index is 0.0912. The summed E-state index contributed by atoms with van der Waals surface area (Å²) in [7, 11) is 0. The summed E-state index contributed by atoms with van der Waals surface area (Å²) in [6, 6.07) is 8.34. The van der Waals surface area contributed by atoms with E-state index in [1.165, 1.54) is 5.56 Å². The molecule has 2 nitrogen and oxygen atoms in total. The van der Waals surface area contributed by atoms with Crippen LogP contribution in [0.2, 0.25) is 0 Å². The maximum Gasteiger partial charge on any atom is 0.127 e. The molecule has 0 spiro atoms. The molecule has 2 rings (SSSR count). The van der Waals surface area contributed by atoms with E-state index in [1.54, 1.807) is 0 Å². The summed E-state index contributed by atoms with van der Waals surface area (Å²) in [5.41, 5.74) is 1.35. The monoisotopic (exact) mass is 340 g/mol. The van der Waals surface area contributed by atoms with Crippen LogP contribution < -0.4 is 4.74 Å². The van der Waals surface area contributed by atoms with Crippen LogP contribution in [0.15, 0.2) is 24.3 Å². The van der Waals surface area contributed by atoms with Gasteiger partial charge in [0.25, 0.3) is 0 Å². The summed E-state index contributed by atoms with van der Waals surface area (Å²) >= 11 is 3.66. The average Bonchev–Trinajstić information content (AvgIpc) is 2.38. The first kappa shape index (κ1) is 15.8. The molecule has 1 saturated carbocycles. The molecule has 3 unspecified atom stereocenters.